The normalized spacial score (nSPS) is 9.25. The van der Waals surface area contributed by atoms with Crippen molar-refractivity contribution < 1.29 is 38.5 Å². The molecular weight excluding hydrogens is 320 g/mol. The first kappa shape index (κ1) is 23.4. The lowest BCUT2D eigenvalue weighted by Gasteiger charge is -2.04. The zero-order valence-electron chi connectivity index (χ0n) is 13.8. The molecule has 0 aromatic heterocycles. The average molecular weight is 342 g/mol. The molecule has 0 aromatic rings. The fourth-order valence-corrected chi connectivity index (χ4v) is 0.971. The van der Waals surface area contributed by atoms with E-state index in [0.717, 1.165) is 0 Å². The Kier molecular flexibility index (Phi) is 14.6. The molecule has 0 saturated heterocycles. The van der Waals surface area contributed by atoms with Crippen molar-refractivity contribution in [2.24, 2.45) is 0 Å². The highest BCUT2D eigenvalue weighted by Gasteiger charge is 2.06. The summed E-state index contributed by atoms with van der Waals surface area (Å²) in [6.07, 6.45) is 4.98. The van der Waals surface area contributed by atoms with Crippen LogP contribution in [0.3, 0.4) is 0 Å². The lowest BCUT2D eigenvalue weighted by Crippen LogP contribution is -2.15. The number of hydrogen-bond acceptors (Lipinski definition) is 7. The van der Waals surface area contributed by atoms with Crippen molar-refractivity contribution >= 4 is 23.9 Å². The molecule has 0 saturated carbocycles. The van der Waals surface area contributed by atoms with Crippen LogP contribution < -0.4 is 0 Å². The number of hydrogen-bond donors (Lipinski definition) is 1. The number of carbonyl (C=O) groups is 4. The molecule has 0 unspecified atom stereocenters. The van der Waals surface area contributed by atoms with E-state index < -0.39 is 24.5 Å². The van der Waals surface area contributed by atoms with Crippen LogP contribution >= 0.6 is 0 Å². The Hall–Kier alpha value is -2.90. The smallest absolute Gasteiger partial charge is 0.344 e. The van der Waals surface area contributed by atoms with Crippen LogP contribution in [0.4, 0.5) is 0 Å². The summed E-state index contributed by atoms with van der Waals surface area (Å²) in [5, 5.41) is 8.47. The molecule has 0 aromatic carbocycles. The van der Waals surface area contributed by atoms with Gasteiger partial charge in [-0.05, 0) is 18.9 Å². The quantitative estimate of drug-likeness (QED) is 0.168. The number of aliphatic carboxylic acids is 1. The third-order valence-electron chi connectivity index (χ3n) is 2.03. The molecule has 0 radical (unpaired) electrons. The fraction of sp³-hybridized carbons (Fsp3) is 0.375. The van der Waals surface area contributed by atoms with Gasteiger partial charge in [0.05, 0.1) is 12.9 Å². The first-order chi connectivity index (χ1) is 11.2. The molecule has 0 aliphatic rings. The molecule has 134 valence electrons. The molecule has 0 spiro atoms. The highest BCUT2D eigenvalue weighted by Crippen LogP contribution is 2.02. The fourth-order valence-electron chi connectivity index (χ4n) is 0.971. The number of rotatable bonds is 9. The van der Waals surface area contributed by atoms with E-state index in [1.807, 2.05) is 0 Å². The van der Waals surface area contributed by atoms with E-state index in [0.29, 0.717) is 6.42 Å². The lowest BCUT2D eigenvalue weighted by molar-refractivity contribution is -0.157. The van der Waals surface area contributed by atoms with Crippen LogP contribution in [-0.2, 0) is 33.4 Å². The first-order valence-corrected chi connectivity index (χ1v) is 6.85. The van der Waals surface area contributed by atoms with Crippen molar-refractivity contribution in [2.75, 3.05) is 13.2 Å². The predicted molar refractivity (Wildman–Crippen MR) is 84.7 cm³/mol. The summed E-state index contributed by atoms with van der Waals surface area (Å²) in [4.78, 5) is 41.6. The van der Waals surface area contributed by atoms with Crippen LogP contribution in [0.15, 0.2) is 37.1 Å². The Labute approximate surface area is 140 Å². The second-order valence-corrected chi connectivity index (χ2v) is 4.19. The molecule has 0 bridgehead atoms. The second-order valence-electron chi connectivity index (χ2n) is 4.19. The van der Waals surface area contributed by atoms with Crippen molar-refractivity contribution in [3.05, 3.63) is 37.1 Å². The van der Waals surface area contributed by atoms with E-state index in [1.54, 1.807) is 6.08 Å². The minimum atomic E-state index is -1.06. The van der Waals surface area contributed by atoms with E-state index in [4.69, 9.17) is 5.11 Å². The summed E-state index contributed by atoms with van der Waals surface area (Å²) in [7, 11) is 0. The first-order valence-electron chi connectivity index (χ1n) is 6.85. The van der Waals surface area contributed by atoms with Crippen LogP contribution in [0.25, 0.3) is 0 Å². The van der Waals surface area contributed by atoms with E-state index in [2.05, 4.69) is 27.4 Å². The van der Waals surface area contributed by atoms with Gasteiger partial charge in [0.2, 0.25) is 0 Å². The van der Waals surface area contributed by atoms with Gasteiger partial charge in [0.1, 0.15) is 0 Å². The van der Waals surface area contributed by atoms with E-state index in [9.17, 15) is 19.2 Å². The van der Waals surface area contributed by atoms with Crippen molar-refractivity contribution in [3.8, 4) is 0 Å². The molecule has 0 aliphatic heterocycles. The molecule has 0 amide bonds. The van der Waals surface area contributed by atoms with Gasteiger partial charge in [0.25, 0.3) is 0 Å². The molecule has 0 aliphatic carbocycles. The maximum atomic E-state index is 10.9. The monoisotopic (exact) mass is 342 g/mol. The summed E-state index contributed by atoms with van der Waals surface area (Å²) < 4.78 is 13.5. The summed E-state index contributed by atoms with van der Waals surface area (Å²) in [5.74, 6) is -2.60. The van der Waals surface area contributed by atoms with Gasteiger partial charge in [-0.2, -0.15) is 0 Å². The minimum Gasteiger partial charge on any atom is -0.478 e. The Bertz CT molecular complexity index is 490. The zero-order chi connectivity index (χ0) is 19.0. The van der Waals surface area contributed by atoms with E-state index in [-0.39, 0.29) is 24.6 Å². The summed E-state index contributed by atoms with van der Waals surface area (Å²) in [5.41, 5.74) is 0.0658. The third kappa shape index (κ3) is 19.1. The molecular formula is C16H22O8. The van der Waals surface area contributed by atoms with Crippen LogP contribution in [0.2, 0.25) is 0 Å². The maximum absolute atomic E-state index is 10.9. The Balaban J connectivity index is 0. The average Bonchev–Trinajstić information content (AvgIpc) is 2.49. The van der Waals surface area contributed by atoms with E-state index >= 15 is 0 Å². The minimum absolute atomic E-state index is 0.0658. The maximum Gasteiger partial charge on any atom is 0.344 e. The molecule has 0 rings (SSSR count). The van der Waals surface area contributed by atoms with Gasteiger partial charge in [-0.3, -0.25) is 9.59 Å². The molecule has 0 heterocycles. The van der Waals surface area contributed by atoms with Crippen LogP contribution in [0.5, 0.6) is 0 Å². The summed E-state index contributed by atoms with van der Waals surface area (Å²) in [6, 6.07) is 0. The van der Waals surface area contributed by atoms with Crippen molar-refractivity contribution in [1.29, 1.82) is 0 Å². The summed E-state index contributed by atoms with van der Waals surface area (Å²) in [6.45, 7) is 8.88. The van der Waals surface area contributed by atoms with Crippen molar-refractivity contribution in [1.82, 2.24) is 0 Å². The van der Waals surface area contributed by atoms with Crippen LogP contribution in [0, 0.1) is 0 Å². The van der Waals surface area contributed by atoms with Crippen LogP contribution in [-0.4, -0.2) is 42.2 Å². The predicted octanol–water partition coefficient (Wildman–Crippen LogP) is 1.76. The van der Waals surface area contributed by atoms with Crippen LogP contribution in [0.1, 0.15) is 26.7 Å². The highest BCUT2D eigenvalue weighted by molar-refractivity contribution is 5.85. The molecule has 8 nitrogen and oxygen atoms in total. The largest absolute Gasteiger partial charge is 0.478 e. The highest BCUT2D eigenvalue weighted by atomic mass is 16.6. The van der Waals surface area contributed by atoms with Gasteiger partial charge < -0.3 is 19.3 Å². The second kappa shape index (κ2) is 15.0. The van der Waals surface area contributed by atoms with Gasteiger partial charge in [0.15, 0.2) is 6.61 Å². The number of carbonyl (C=O) groups excluding carboxylic acids is 3. The molecule has 1 N–H and O–H groups in total. The zero-order valence-corrected chi connectivity index (χ0v) is 13.8. The molecule has 0 atom stereocenters. The Morgan fingerprint density at radius 1 is 1.08 bits per heavy atom. The number of esters is 3. The molecule has 8 heteroatoms. The lowest BCUT2D eigenvalue weighted by atomic mass is 10.2. The van der Waals surface area contributed by atoms with Gasteiger partial charge in [-0.25, -0.2) is 9.59 Å². The topological polar surface area (TPSA) is 116 Å². The number of ether oxygens (including phenoxy) is 3. The number of carboxylic acids is 1. The summed E-state index contributed by atoms with van der Waals surface area (Å²) >= 11 is 0. The van der Waals surface area contributed by atoms with Crippen molar-refractivity contribution in [2.45, 2.75) is 26.7 Å². The van der Waals surface area contributed by atoms with E-state index in [1.165, 1.54) is 26.2 Å². The third-order valence-corrected chi connectivity index (χ3v) is 2.03. The standard InChI is InChI=1S/C10H14O6.C6H8O2/c1-7(10(13)14)4-3-5-15-9(12)6-16-8(2)11;1-3-4-5-8-6(2)7/h1,3-6H2,2H3,(H,13,14);3-5H,1H2,2H3. The Morgan fingerprint density at radius 2 is 1.71 bits per heavy atom. The molecule has 0 fully saturated rings. The number of allylic oxidation sites excluding steroid dienone is 2. The van der Waals surface area contributed by atoms with Gasteiger partial charge in [-0.15, -0.1) is 0 Å². The van der Waals surface area contributed by atoms with Gasteiger partial charge >= 0.3 is 23.9 Å². The Morgan fingerprint density at radius 3 is 2.17 bits per heavy atom. The van der Waals surface area contributed by atoms with Gasteiger partial charge in [0, 0.05) is 19.4 Å². The van der Waals surface area contributed by atoms with Gasteiger partial charge in [-0.1, -0.05) is 19.2 Å². The van der Waals surface area contributed by atoms with Crippen molar-refractivity contribution in [3.63, 3.8) is 0 Å². The molecule has 24 heavy (non-hydrogen) atoms. The SMILES string of the molecule is C=C(CCCOC(=O)COC(C)=O)C(=O)O.C=CC=COC(C)=O. The number of carboxylic acid groups (broad SMARTS) is 1.